The average molecular weight is 290 g/mol. The number of hydrogen-bond donors (Lipinski definition) is 0. The summed E-state index contributed by atoms with van der Waals surface area (Å²) in [6, 6.07) is 0. The summed E-state index contributed by atoms with van der Waals surface area (Å²) < 4.78 is 21.8. The molecule has 0 rings (SSSR count). The molecule has 0 aliphatic carbocycles. The minimum atomic E-state index is 0.628. The Hall–Kier alpha value is -0.160. The first kappa shape index (κ1) is 19.8. The van der Waals surface area contributed by atoms with Crippen LogP contribution in [0, 0.1) is 5.92 Å². The van der Waals surface area contributed by atoms with Crippen molar-refractivity contribution in [3.05, 3.63) is 0 Å². The van der Waals surface area contributed by atoms with Crippen LogP contribution in [0.4, 0.5) is 0 Å². The Kier molecular flexibility index (Phi) is 16.8. The molecular weight excluding hydrogens is 256 g/mol. The van der Waals surface area contributed by atoms with Gasteiger partial charge >= 0.3 is 0 Å². The van der Waals surface area contributed by atoms with Crippen LogP contribution in [0.1, 0.15) is 46.5 Å². The van der Waals surface area contributed by atoms with E-state index in [0.717, 1.165) is 26.1 Å². The zero-order chi connectivity index (χ0) is 14.9. The second kappa shape index (κ2) is 16.9. The van der Waals surface area contributed by atoms with Crippen LogP contribution in [0.15, 0.2) is 0 Å². The molecule has 4 heteroatoms. The molecule has 0 aliphatic rings. The van der Waals surface area contributed by atoms with Gasteiger partial charge in [-0.3, -0.25) is 0 Å². The molecule has 0 aromatic heterocycles. The molecule has 0 saturated heterocycles. The Bertz CT molecular complexity index is 176. The fraction of sp³-hybridized carbons (Fsp3) is 1.00. The molecule has 4 nitrogen and oxygen atoms in total. The van der Waals surface area contributed by atoms with Crippen molar-refractivity contribution in [2.45, 2.75) is 46.5 Å². The lowest BCUT2D eigenvalue weighted by molar-refractivity contribution is -0.00560. The summed E-state index contributed by atoms with van der Waals surface area (Å²) in [6.45, 7) is 12.1. The van der Waals surface area contributed by atoms with E-state index in [2.05, 4.69) is 20.8 Å². The van der Waals surface area contributed by atoms with Gasteiger partial charge < -0.3 is 18.9 Å². The normalized spacial score (nSPS) is 12.8. The lowest BCUT2D eigenvalue weighted by atomic mass is 10.1. The zero-order valence-corrected chi connectivity index (χ0v) is 13.7. The second-order valence-electron chi connectivity index (χ2n) is 5.13. The smallest absolute Gasteiger partial charge is 0.0701 e. The van der Waals surface area contributed by atoms with Crippen LogP contribution in [-0.2, 0) is 18.9 Å². The van der Waals surface area contributed by atoms with Crippen molar-refractivity contribution in [3.63, 3.8) is 0 Å². The number of ether oxygens (including phenoxy) is 4. The minimum Gasteiger partial charge on any atom is -0.379 e. The Balaban J connectivity index is 2.96. The van der Waals surface area contributed by atoms with Crippen molar-refractivity contribution < 1.29 is 18.9 Å². The van der Waals surface area contributed by atoms with Crippen LogP contribution in [0.3, 0.4) is 0 Å². The summed E-state index contributed by atoms with van der Waals surface area (Å²) in [7, 11) is 0. The zero-order valence-electron chi connectivity index (χ0n) is 13.7. The molecule has 0 saturated carbocycles. The fourth-order valence-corrected chi connectivity index (χ4v) is 1.52. The standard InChI is InChI=1S/C16H34O4/c1-4-6-7-8-17-9-10-18-11-12-19-13-14-20-15-16(3)5-2/h16H,4-15H2,1-3H3. The summed E-state index contributed by atoms with van der Waals surface area (Å²) in [5.41, 5.74) is 0. The molecule has 0 aliphatic heterocycles. The Morgan fingerprint density at radius 1 is 0.650 bits per heavy atom. The predicted molar refractivity (Wildman–Crippen MR) is 82.3 cm³/mol. The third-order valence-corrected chi connectivity index (χ3v) is 3.11. The maximum absolute atomic E-state index is 5.49. The number of hydrogen-bond acceptors (Lipinski definition) is 4. The molecule has 1 unspecified atom stereocenters. The fourth-order valence-electron chi connectivity index (χ4n) is 1.52. The van der Waals surface area contributed by atoms with E-state index in [0.29, 0.717) is 45.6 Å². The van der Waals surface area contributed by atoms with Gasteiger partial charge in [0.25, 0.3) is 0 Å². The van der Waals surface area contributed by atoms with E-state index in [1.54, 1.807) is 0 Å². The van der Waals surface area contributed by atoms with Gasteiger partial charge in [-0.05, 0) is 12.3 Å². The molecule has 0 fully saturated rings. The highest BCUT2D eigenvalue weighted by atomic mass is 16.6. The summed E-state index contributed by atoms with van der Waals surface area (Å²) in [4.78, 5) is 0. The van der Waals surface area contributed by atoms with Crippen LogP contribution in [0.5, 0.6) is 0 Å². The lowest BCUT2D eigenvalue weighted by Gasteiger charge is -2.10. The van der Waals surface area contributed by atoms with E-state index in [9.17, 15) is 0 Å². The summed E-state index contributed by atoms with van der Waals surface area (Å²) in [5.74, 6) is 0.635. The summed E-state index contributed by atoms with van der Waals surface area (Å²) >= 11 is 0. The maximum Gasteiger partial charge on any atom is 0.0701 e. The van der Waals surface area contributed by atoms with E-state index in [-0.39, 0.29) is 0 Å². The first-order valence-electron chi connectivity index (χ1n) is 8.12. The van der Waals surface area contributed by atoms with Gasteiger partial charge in [-0.2, -0.15) is 0 Å². The number of unbranched alkanes of at least 4 members (excludes halogenated alkanes) is 2. The topological polar surface area (TPSA) is 36.9 Å². The second-order valence-corrected chi connectivity index (χ2v) is 5.13. The van der Waals surface area contributed by atoms with Gasteiger partial charge in [0.15, 0.2) is 0 Å². The van der Waals surface area contributed by atoms with Crippen molar-refractivity contribution >= 4 is 0 Å². The molecule has 0 spiro atoms. The van der Waals surface area contributed by atoms with Crippen LogP contribution < -0.4 is 0 Å². The van der Waals surface area contributed by atoms with Gasteiger partial charge in [0.2, 0.25) is 0 Å². The molecule has 0 heterocycles. The van der Waals surface area contributed by atoms with E-state index >= 15 is 0 Å². The molecule has 20 heavy (non-hydrogen) atoms. The van der Waals surface area contributed by atoms with Crippen LogP contribution in [0.2, 0.25) is 0 Å². The van der Waals surface area contributed by atoms with Gasteiger partial charge in [-0.1, -0.05) is 40.0 Å². The summed E-state index contributed by atoms with van der Waals surface area (Å²) in [5, 5.41) is 0. The SMILES string of the molecule is CCCCCOCCOCCOCCOCC(C)CC. The highest BCUT2D eigenvalue weighted by Crippen LogP contribution is 1.99. The average Bonchev–Trinajstić information content (AvgIpc) is 2.47. The Morgan fingerprint density at radius 2 is 1.15 bits per heavy atom. The monoisotopic (exact) mass is 290 g/mol. The Labute approximate surface area is 125 Å². The van der Waals surface area contributed by atoms with Gasteiger partial charge in [-0.25, -0.2) is 0 Å². The maximum atomic E-state index is 5.49. The number of rotatable bonds is 16. The van der Waals surface area contributed by atoms with Crippen molar-refractivity contribution in [3.8, 4) is 0 Å². The van der Waals surface area contributed by atoms with Gasteiger partial charge in [-0.15, -0.1) is 0 Å². The minimum absolute atomic E-state index is 0.628. The molecule has 122 valence electrons. The Morgan fingerprint density at radius 3 is 1.65 bits per heavy atom. The first-order valence-corrected chi connectivity index (χ1v) is 8.12. The molecule has 0 N–H and O–H groups in total. The van der Waals surface area contributed by atoms with Crippen molar-refractivity contribution in [1.29, 1.82) is 0 Å². The molecule has 1 atom stereocenters. The highest BCUT2D eigenvalue weighted by Gasteiger charge is 1.98. The van der Waals surface area contributed by atoms with E-state index in [1.165, 1.54) is 12.8 Å². The van der Waals surface area contributed by atoms with Gasteiger partial charge in [0.05, 0.1) is 39.6 Å². The molecule has 0 radical (unpaired) electrons. The van der Waals surface area contributed by atoms with E-state index in [4.69, 9.17) is 18.9 Å². The quantitative estimate of drug-likeness (QED) is 0.409. The van der Waals surface area contributed by atoms with Crippen molar-refractivity contribution in [2.75, 3.05) is 52.9 Å². The van der Waals surface area contributed by atoms with Crippen LogP contribution in [-0.4, -0.2) is 52.9 Å². The largest absolute Gasteiger partial charge is 0.379 e. The third-order valence-electron chi connectivity index (χ3n) is 3.11. The van der Waals surface area contributed by atoms with Gasteiger partial charge in [0, 0.05) is 13.2 Å². The molecular formula is C16H34O4. The van der Waals surface area contributed by atoms with E-state index < -0.39 is 0 Å². The third kappa shape index (κ3) is 15.9. The highest BCUT2D eigenvalue weighted by molar-refractivity contribution is 4.45. The first-order chi connectivity index (χ1) is 9.81. The molecule has 0 bridgehead atoms. The molecule has 0 amide bonds. The van der Waals surface area contributed by atoms with E-state index in [1.807, 2.05) is 0 Å². The molecule has 0 aromatic carbocycles. The van der Waals surface area contributed by atoms with Crippen LogP contribution in [0.25, 0.3) is 0 Å². The van der Waals surface area contributed by atoms with Gasteiger partial charge in [0.1, 0.15) is 0 Å². The lowest BCUT2D eigenvalue weighted by Crippen LogP contribution is -2.13. The van der Waals surface area contributed by atoms with Crippen LogP contribution >= 0.6 is 0 Å². The van der Waals surface area contributed by atoms with Crippen molar-refractivity contribution in [1.82, 2.24) is 0 Å². The predicted octanol–water partition coefficient (Wildman–Crippen LogP) is 3.29. The molecule has 0 aromatic rings. The van der Waals surface area contributed by atoms with Crippen molar-refractivity contribution in [2.24, 2.45) is 5.92 Å². The summed E-state index contributed by atoms with van der Waals surface area (Å²) in [6.07, 6.45) is 4.79.